The first kappa shape index (κ1) is 29.3. The van der Waals surface area contributed by atoms with E-state index in [1.54, 1.807) is 24.3 Å². The van der Waals surface area contributed by atoms with Gasteiger partial charge >= 0.3 is 0 Å². The van der Waals surface area contributed by atoms with Crippen molar-refractivity contribution in [2.75, 3.05) is 6.61 Å². The zero-order valence-electron chi connectivity index (χ0n) is 22.3. The number of benzene rings is 4. The van der Waals surface area contributed by atoms with E-state index in [0.717, 1.165) is 5.56 Å². The summed E-state index contributed by atoms with van der Waals surface area (Å²) in [5.74, 6) is -0.457. The molecule has 40 heavy (non-hydrogen) atoms. The summed E-state index contributed by atoms with van der Waals surface area (Å²) < 4.78 is 6.55. The van der Waals surface area contributed by atoms with E-state index in [1.807, 2.05) is 97.1 Å². The molecule has 0 aliphatic carbocycles. The second kappa shape index (κ2) is 13.6. The summed E-state index contributed by atoms with van der Waals surface area (Å²) in [4.78, 5) is 14.6. The lowest BCUT2D eigenvalue weighted by molar-refractivity contribution is -0.241. The maximum absolute atomic E-state index is 14.6. The average Bonchev–Trinajstić information content (AvgIpc) is 3.00. The molecular weight excluding hydrogens is 504 g/mol. The lowest BCUT2D eigenvalue weighted by Crippen LogP contribution is -2.71. The summed E-state index contributed by atoms with van der Waals surface area (Å²) >= 11 is 0. The van der Waals surface area contributed by atoms with Crippen molar-refractivity contribution in [3.05, 3.63) is 144 Å². The topological polar surface area (TPSA) is 107 Å². The number of aliphatic hydroxyl groups excluding tert-OH is 3. The minimum Gasteiger partial charge on any atom is -0.394 e. The van der Waals surface area contributed by atoms with Crippen molar-refractivity contribution < 1.29 is 30.0 Å². The number of carbonyl (C=O) groups excluding carboxylic acids is 1. The smallest absolute Gasteiger partial charge is 0.172 e. The van der Waals surface area contributed by atoms with Crippen LogP contribution in [0.1, 0.15) is 22.3 Å². The Labute approximate surface area is 235 Å². The molecule has 0 bridgehead atoms. The number of Topliss-reactive ketones (excluding diaryl/α,β-unsaturated/α-hetero) is 1. The molecule has 0 saturated carbocycles. The Bertz CT molecular complexity index is 1320. The van der Waals surface area contributed by atoms with Crippen molar-refractivity contribution in [2.45, 2.75) is 49.3 Å². The largest absolute Gasteiger partial charge is 0.394 e. The van der Waals surface area contributed by atoms with Crippen molar-refractivity contribution in [1.82, 2.24) is 0 Å². The maximum atomic E-state index is 14.6. The third-order valence-corrected chi connectivity index (χ3v) is 7.34. The number of aliphatic hydroxyl groups is 4. The number of carbonyl (C=O) groups is 1. The Morgan fingerprint density at radius 2 is 1.07 bits per heavy atom. The Kier molecular flexibility index (Phi) is 9.98. The van der Waals surface area contributed by atoms with Gasteiger partial charge in [-0.25, -0.2) is 0 Å². The molecule has 0 aromatic heterocycles. The zero-order valence-corrected chi connectivity index (χ0v) is 22.3. The highest BCUT2D eigenvalue weighted by molar-refractivity contribution is 5.91. The first-order valence-corrected chi connectivity index (χ1v) is 13.4. The number of rotatable bonds is 14. The van der Waals surface area contributed by atoms with Gasteiger partial charge in [-0.1, -0.05) is 121 Å². The molecule has 0 aliphatic heterocycles. The lowest BCUT2D eigenvalue weighted by Gasteiger charge is -2.49. The van der Waals surface area contributed by atoms with E-state index in [0.29, 0.717) is 16.7 Å². The monoisotopic (exact) mass is 540 g/mol. The van der Waals surface area contributed by atoms with Gasteiger partial charge in [-0.2, -0.15) is 0 Å². The molecule has 0 aliphatic rings. The Balaban J connectivity index is 1.92. The first-order valence-electron chi connectivity index (χ1n) is 13.4. The van der Waals surface area contributed by atoms with Crippen LogP contribution in [-0.4, -0.2) is 56.2 Å². The Morgan fingerprint density at radius 1 is 0.650 bits per heavy atom. The van der Waals surface area contributed by atoms with Crippen molar-refractivity contribution in [2.24, 2.45) is 0 Å². The van der Waals surface area contributed by atoms with Crippen LogP contribution in [0, 0.1) is 0 Å². The molecule has 4 aromatic rings. The number of ketones is 1. The van der Waals surface area contributed by atoms with Crippen molar-refractivity contribution in [1.29, 1.82) is 0 Å². The molecule has 0 unspecified atom stereocenters. The van der Waals surface area contributed by atoms with E-state index < -0.39 is 35.8 Å². The fourth-order valence-corrected chi connectivity index (χ4v) is 5.15. The molecule has 4 N–H and O–H groups in total. The molecule has 4 atom stereocenters. The van der Waals surface area contributed by atoms with Gasteiger partial charge in [-0.05, 0) is 22.3 Å². The maximum Gasteiger partial charge on any atom is 0.172 e. The number of hydrogen-bond donors (Lipinski definition) is 4. The molecule has 6 heteroatoms. The van der Waals surface area contributed by atoms with Crippen LogP contribution in [0.5, 0.6) is 0 Å². The second-order valence-electron chi connectivity index (χ2n) is 10.1. The van der Waals surface area contributed by atoms with Crippen LogP contribution in [0.4, 0.5) is 0 Å². The van der Waals surface area contributed by atoms with Crippen LogP contribution >= 0.6 is 0 Å². The fourth-order valence-electron chi connectivity index (χ4n) is 5.15. The number of ether oxygens (including phenoxy) is 1. The molecule has 0 amide bonds. The van der Waals surface area contributed by atoms with Gasteiger partial charge in [0.25, 0.3) is 0 Å². The highest BCUT2D eigenvalue weighted by atomic mass is 16.5. The molecule has 6 nitrogen and oxygen atoms in total. The predicted molar refractivity (Wildman–Crippen MR) is 153 cm³/mol. The third kappa shape index (κ3) is 6.73. The molecule has 4 rings (SSSR count). The SMILES string of the molecule is O=C(Cc1ccccc1)[C@@](Cc1ccccc1)(OCc1ccccc1)[C@](O)(Cc1ccccc1)[C@H](O)[C@H](O)CO. The molecule has 0 saturated heterocycles. The molecule has 0 fully saturated rings. The van der Waals surface area contributed by atoms with Gasteiger partial charge in [0.15, 0.2) is 11.4 Å². The standard InChI is InChI=1S/C34H36O6/c35-24-30(36)32(38)33(39,22-27-15-7-2-8-16-27)34(23-28-17-9-3-10-18-28,40-25-29-19-11-4-12-20-29)31(37)21-26-13-5-1-6-14-26/h1-20,30,32,35-36,38-39H,21-25H2/t30-,32-,33+,34-/m1/s1. The van der Waals surface area contributed by atoms with Gasteiger partial charge < -0.3 is 25.2 Å². The Hall–Kier alpha value is -3.65. The van der Waals surface area contributed by atoms with Crippen LogP contribution in [0.3, 0.4) is 0 Å². The van der Waals surface area contributed by atoms with E-state index in [1.165, 1.54) is 0 Å². The summed E-state index contributed by atoms with van der Waals surface area (Å²) in [7, 11) is 0. The first-order chi connectivity index (χ1) is 19.4. The van der Waals surface area contributed by atoms with E-state index in [4.69, 9.17) is 4.74 Å². The summed E-state index contributed by atoms with van der Waals surface area (Å²) in [6.07, 6.45) is -4.02. The van der Waals surface area contributed by atoms with Gasteiger partial charge in [-0.15, -0.1) is 0 Å². The Morgan fingerprint density at radius 3 is 1.55 bits per heavy atom. The minimum atomic E-state index is -2.34. The predicted octanol–water partition coefficient (Wildman–Crippen LogP) is 3.68. The van der Waals surface area contributed by atoms with Crippen LogP contribution in [-0.2, 0) is 35.4 Å². The van der Waals surface area contributed by atoms with Gasteiger partial charge in [0, 0.05) is 19.3 Å². The summed E-state index contributed by atoms with van der Waals surface area (Å²) in [5.41, 5.74) is -1.55. The van der Waals surface area contributed by atoms with E-state index in [9.17, 15) is 25.2 Å². The fraction of sp³-hybridized carbons (Fsp3) is 0.265. The summed E-state index contributed by atoms with van der Waals surface area (Å²) in [6.45, 7) is -0.849. The molecular formula is C34H36O6. The van der Waals surface area contributed by atoms with Crippen molar-refractivity contribution in [3.63, 3.8) is 0 Å². The molecule has 4 aromatic carbocycles. The normalized spacial score (nSPS) is 15.9. The van der Waals surface area contributed by atoms with Crippen molar-refractivity contribution >= 4 is 5.78 Å². The average molecular weight is 541 g/mol. The van der Waals surface area contributed by atoms with E-state index in [2.05, 4.69) is 0 Å². The van der Waals surface area contributed by atoms with Crippen LogP contribution in [0.15, 0.2) is 121 Å². The third-order valence-electron chi connectivity index (χ3n) is 7.34. The highest BCUT2D eigenvalue weighted by Gasteiger charge is 2.61. The van der Waals surface area contributed by atoms with Crippen LogP contribution < -0.4 is 0 Å². The van der Waals surface area contributed by atoms with Gasteiger partial charge in [0.2, 0.25) is 0 Å². The quantitative estimate of drug-likeness (QED) is 0.194. The van der Waals surface area contributed by atoms with E-state index in [-0.39, 0.29) is 25.9 Å². The minimum absolute atomic E-state index is 0.0345. The van der Waals surface area contributed by atoms with Crippen LogP contribution in [0.2, 0.25) is 0 Å². The van der Waals surface area contributed by atoms with Gasteiger partial charge in [-0.3, -0.25) is 4.79 Å². The summed E-state index contributed by atoms with van der Waals surface area (Å²) in [6, 6.07) is 36.5. The highest BCUT2D eigenvalue weighted by Crippen LogP contribution is 2.40. The summed E-state index contributed by atoms with van der Waals surface area (Å²) in [5, 5.41) is 44.7. The molecule has 0 heterocycles. The number of hydrogen-bond acceptors (Lipinski definition) is 6. The molecule has 0 radical (unpaired) electrons. The lowest BCUT2D eigenvalue weighted by atomic mass is 9.67. The molecule has 208 valence electrons. The van der Waals surface area contributed by atoms with Gasteiger partial charge in [0.05, 0.1) is 13.2 Å². The van der Waals surface area contributed by atoms with E-state index >= 15 is 0 Å². The molecule has 0 spiro atoms. The van der Waals surface area contributed by atoms with Gasteiger partial charge in [0.1, 0.15) is 17.8 Å². The van der Waals surface area contributed by atoms with Crippen molar-refractivity contribution in [3.8, 4) is 0 Å². The second-order valence-corrected chi connectivity index (χ2v) is 10.1. The van der Waals surface area contributed by atoms with Crippen LogP contribution in [0.25, 0.3) is 0 Å². The zero-order chi connectivity index (χ0) is 28.4.